The standard InChI is InChI=1S/C13H17Cl2NO2/c1-4-16-7-10-5-11(15)13(12(6-10)17-3)18-8-9(2)14/h5-6,16H,2,4,7-8H2,1,3H3. The molecule has 0 aliphatic carbocycles. The summed E-state index contributed by atoms with van der Waals surface area (Å²) < 4.78 is 10.7. The summed E-state index contributed by atoms with van der Waals surface area (Å²) in [5, 5.41) is 4.13. The van der Waals surface area contributed by atoms with E-state index in [1.165, 1.54) is 0 Å². The molecule has 0 unspecified atom stereocenters. The molecule has 100 valence electrons. The molecule has 0 saturated carbocycles. The van der Waals surface area contributed by atoms with Crippen LogP contribution in [0.1, 0.15) is 12.5 Å². The van der Waals surface area contributed by atoms with E-state index in [1.54, 1.807) is 7.11 Å². The zero-order valence-electron chi connectivity index (χ0n) is 10.6. The van der Waals surface area contributed by atoms with E-state index in [4.69, 9.17) is 32.7 Å². The van der Waals surface area contributed by atoms with Crippen LogP contribution in [0.2, 0.25) is 5.02 Å². The van der Waals surface area contributed by atoms with Crippen LogP contribution >= 0.6 is 23.2 Å². The highest BCUT2D eigenvalue weighted by Crippen LogP contribution is 2.36. The van der Waals surface area contributed by atoms with Gasteiger partial charge in [-0.15, -0.1) is 0 Å². The lowest BCUT2D eigenvalue weighted by molar-refractivity contribution is 0.324. The third kappa shape index (κ3) is 4.41. The van der Waals surface area contributed by atoms with Crippen molar-refractivity contribution in [2.24, 2.45) is 0 Å². The number of ether oxygens (including phenoxy) is 2. The van der Waals surface area contributed by atoms with Crippen molar-refractivity contribution >= 4 is 23.2 Å². The number of hydrogen-bond acceptors (Lipinski definition) is 3. The minimum Gasteiger partial charge on any atom is -0.493 e. The number of nitrogens with one attached hydrogen (secondary N) is 1. The third-order valence-electron chi connectivity index (χ3n) is 2.24. The molecule has 0 heterocycles. The summed E-state index contributed by atoms with van der Waals surface area (Å²) in [6, 6.07) is 3.74. The normalized spacial score (nSPS) is 10.2. The minimum atomic E-state index is 0.199. The highest BCUT2D eigenvalue weighted by atomic mass is 35.5. The summed E-state index contributed by atoms with van der Waals surface area (Å²) in [7, 11) is 1.57. The fourth-order valence-corrected chi connectivity index (χ4v) is 1.78. The van der Waals surface area contributed by atoms with Crippen LogP contribution in [0.25, 0.3) is 0 Å². The summed E-state index contributed by atoms with van der Waals surface area (Å²) in [5.74, 6) is 1.08. The predicted octanol–water partition coefficient (Wildman–Crippen LogP) is 3.59. The Labute approximate surface area is 118 Å². The van der Waals surface area contributed by atoms with E-state index in [2.05, 4.69) is 11.9 Å². The van der Waals surface area contributed by atoms with Gasteiger partial charge in [-0.1, -0.05) is 36.7 Å². The van der Waals surface area contributed by atoms with Gasteiger partial charge in [0, 0.05) is 11.6 Å². The summed E-state index contributed by atoms with van der Waals surface area (Å²) in [5.41, 5.74) is 1.04. The molecular formula is C13H17Cl2NO2. The second kappa shape index (κ2) is 7.52. The number of hydrogen-bond donors (Lipinski definition) is 1. The molecule has 5 heteroatoms. The van der Waals surface area contributed by atoms with Crippen LogP contribution in [0.3, 0.4) is 0 Å². The van der Waals surface area contributed by atoms with E-state index < -0.39 is 0 Å². The van der Waals surface area contributed by atoms with Gasteiger partial charge in [0.15, 0.2) is 11.5 Å². The van der Waals surface area contributed by atoms with Crippen LogP contribution in [-0.4, -0.2) is 20.3 Å². The first-order chi connectivity index (χ1) is 8.58. The van der Waals surface area contributed by atoms with Crippen molar-refractivity contribution < 1.29 is 9.47 Å². The molecule has 18 heavy (non-hydrogen) atoms. The smallest absolute Gasteiger partial charge is 0.180 e. The second-order valence-corrected chi connectivity index (χ2v) is 4.64. The Morgan fingerprint density at radius 1 is 1.44 bits per heavy atom. The Morgan fingerprint density at radius 2 is 2.17 bits per heavy atom. The van der Waals surface area contributed by atoms with E-state index in [1.807, 2.05) is 19.1 Å². The SMILES string of the molecule is C=C(Cl)COc1c(Cl)cc(CNCC)cc1OC. The van der Waals surface area contributed by atoms with Crippen LogP contribution in [0, 0.1) is 0 Å². The maximum absolute atomic E-state index is 6.17. The third-order valence-corrected chi connectivity index (χ3v) is 2.63. The predicted molar refractivity (Wildman–Crippen MR) is 75.9 cm³/mol. The molecule has 0 amide bonds. The van der Waals surface area contributed by atoms with Gasteiger partial charge in [0.05, 0.1) is 12.1 Å². The summed E-state index contributed by atoms with van der Waals surface area (Å²) in [4.78, 5) is 0. The lowest BCUT2D eigenvalue weighted by Crippen LogP contribution is -2.12. The van der Waals surface area contributed by atoms with Crippen molar-refractivity contribution in [1.82, 2.24) is 5.32 Å². The van der Waals surface area contributed by atoms with Crippen molar-refractivity contribution in [3.05, 3.63) is 34.3 Å². The van der Waals surface area contributed by atoms with Crippen LogP contribution in [0.5, 0.6) is 11.5 Å². The number of rotatable bonds is 7. The quantitative estimate of drug-likeness (QED) is 0.832. The summed E-state index contributed by atoms with van der Waals surface area (Å²) in [6.07, 6.45) is 0. The molecule has 0 fully saturated rings. The molecule has 0 bridgehead atoms. The van der Waals surface area contributed by atoms with Crippen molar-refractivity contribution in [2.75, 3.05) is 20.3 Å². The molecule has 1 rings (SSSR count). The average Bonchev–Trinajstić information content (AvgIpc) is 2.34. The Morgan fingerprint density at radius 3 is 2.72 bits per heavy atom. The van der Waals surface area contributed by atoms with E-state index in [9.17, 15) is 0 Å². The number of methoxy groups -OCH3 is 1. The molecule has 0 saturated heterocycles. The minimum absolute atomic E-state index is 0.199. The van der Waals surface area contributed by atoms with Crippen molar-refractivity contribution in [3.8, 4) is 11.5 Å². The Balaban J connectivity index is 2.92. The lowest BCUT2D eigenvalue weighted by atomic mass is 10.2. The zero-order chi connectivity index (χ0) is 13.5. The summed E-state index contributed by atoms with van der Waals surface area (Å²) in [6.45, 7) is 7.43. The summed E-state index contributed by atoms with van der Waals surface area (Å²) >= 11 is 11.8. The largest absolute Gasteiger partial charge is 0.493 e. The van der Waals surface area contributed by atoms with E-state index in [0.29, 0.717) is 21.6 Å². The number of benzene rings is 1. The molecule has 0 aliphatic heterocycles. The van der Waals surface area contributed by atoms with Crippen molar-refractivity contribution in [3.63, 3.8) is 0 Å². The first kappa shape index (κ1) is 15.2. The fourth-order valence-electron chi connectivity index (χ4n) is 1.44. The van der Waals surface area contributed by atoms with Gasteiger partial charge >= 0.3 is 0 Å². The van der Waals surface area contributed by atoms with E-state index in [-0.39, 0.29) is 6.61 Å². The van der Waals surface area contributed by atoms with Gasteiger partial charge in [-0.2, -0.15) is 0 Å². The maximum Gasteiger partial charge on any atom is 0.180 e. The molecule has 0 spiro atoms. The molecule has 0 atom stereocenters. The Kier molecular flexibility index (Phi) is 6.33. The van der Waals surface area contributed by atoms with Crippen LogP contribution in [0.15, 0.2) is 23.7 Å². The maximum atomic E-state index is 6.17. The van der Waals surface area contributed by atoms with Crippen LogP contribution in [0.4, 0.5) is 0 Å². The highest BCUT2D eigenvalue weighted by Gasteiger charge is 2.12. The monoisotopic (exact) mass is 289 g/mol. The zero-order valence-corrected chi connectivity index (χ0v) is 12.1. The van der Waals surface area contributed by atoms with Gasteiger partial charge in [0.25, 0.3) is 0 Å². The Bertz CT molecular complexity index is 422. The van der Waals surface area contributed by atoms with Gasteiger partial charge in [-0.3, -0.25) is 0 Å². The van der Waals surface area contributed by atoms with Gasteiger partial charge in [0.1, 0.15) is 6.61 Å². The molecule has 1 aromatic carbocycles. The van der Waals surface area contributed by atoms with Crippen LogP contribution < -0.4 is 14.8 Å². The van der Waals surface area contributed by atoms with Crippen molar-refractivity contribution in [2.45, 2.75) is 13.5 Å². The molecular weight excluding hydrogens is 273 g/mol. The van der Waals surface area contributed by atoms with Gasteiger partial charge in [0.2, 0.25) is 0 Å². The molecule has 1 aromatic rings. The first-order valence-corrected chi connectivity index (χ1v) is 6.37. The molecule has 0 aliphatic rings. The van der Waals surface area contributed by atoms with Gasteiger partial charge in [-0.05, 0) is 24.2 Å². The molecule has 1 N–H and O–H groups in total. The second-order valence-electron chi connectivity index (χ2n) is 3.70. The lowest BCUT2D eigenvalue weighted by Gasteiger charge is -2.14. The van der Waals surface area contributed by atoms with Crippen LogP contribution in [-0.2, 0) is 6.54 Å². The topological polar surface area (TPSA) is 30.5 Å². The fraction of sp³-hybridized carbons (Fsp3) is 0.385. The van der Waals surface area contributed by atoms with Gasteiger partial charge < -0.3 is 14.8 Å². The first-order valence-electron chi connectivity index (χ1n) is 5.61. The molecule has 0 radical (unpaired) electrons. The molecule has 3 nitrogen and oxygen atoms in total. The molecule has 0 aromatic heterocycles. The Hall–Kier alpha value is -0.900. The van der Waals surface area contributed by atoms with E-state index >= 15 is 0 Å². The highest BCUT2D eigenvalue weighted by molar-refractivity contribution is 6.32. The number of halogens is 2. The van der Waals surface area contributed by atoms with Crippen molar-refractivity contribution in [1.29, 1.82) is 0 Å². The van der Waals surface area contributed by atoms with E-state index in [0.717, 1.165) is 18.7 Å². The average molecular weight is 290 g/mol. The van der Waals surface area contributed by atoms with Gasteiger partial charge in [-0.25, -0.2) is 0 Å².